The molecule has 0 bridgehead atoms. The molecule has 20 heavy (non-hydrogen) atoms. The molecule has 3 rings (SSSR count). The Hall–Kier alpha value is -1.60. The summed E-state index contributed by atoms with van der Waals surface area (Å²) in [5.41, 5.74) is 5.92. The zero-order chi connectivity index (χ0) is 13.8. The number of rotatable bonds is 4. The predicted molar refractivity (Wildman–Crippen MR) is 85.0 cm³/mol. The summed E-state index contributed by atoms with van der Waals surface area (Å²) in [5, 5.41) is 3.55. The summed E-state index contributed by atoms with van der Waals surface area (Å²) in [7, 11) is 0. The molecule has 0 aliphatic carbocycles. The van der Waals surface area contributed by atoms with Crippen LogP contribution in [0.3, 0.4) is 0 Å². The number of hydrogen-bond acceptors (Lipinski definition) is 1. The van der Waals surface area contributed by atoms with E-state index >= 15 is 0 Å². The summed E-state index contributed by atoms with van der Waals surface area (Å²) in [4.78, 5) is 0. The molecular formula is C19H23N. The Balaban J connectivity index is 1.66. The van der Waals surface area contributed by atoms with Crippen LogP contribution >= 0.6 is 0 Å². The Morgan fingerprint density at radius 3 is 2.55 bits per heavy atom. The molecule has 2 aromatic carbocycles. The van der Waals surface area contributed by atoms with E-state index in [0.717, 1.165) is 19.5 Å². The average Bonchev–Trinajstić information content (AvgIpc) is 2.53. The van der Waals surface area contributed by atoms with E-state index in [1.165, 1.54) is 29.5 Å². The van der Waals surface area contributed by atoms with Crippen molar-refractivity contribution in [2.45, 2.75) is 38.6 Å². The van der Waals surface area contributed by atoms with Crippen LogP contribution in [0.15, 0.2) is 48.5 Å². The Bertz CT molecular complexity index is 556. The third kappa shape index (κ3) is 2.94. The summed E-state index contributed by atoms with van der Waals surface area (Å²) < 4.78 is 0. The molecule has 1 atom stereocenters. The first kappa shape index (κ1) is 13.4. The van der Waals surface area contributed by atoms with Crippen molar-refractivity contribution in [1.29, 1.82) is 0 Å². The standard InChI is InChI=1S/C19H23N/c1-2-15-7-9-16(10-8-15)11-12-18-14-20-13-17-5-3-4-6-19(17)18/h3-10,18,20H,2,11-14H2,1H3. The SMILES string of the molecule is CCc1ccc(CCC2CNCc3ccccc32)cc1. The third-order valence-corrected chi connectivity index (χ3v) is 4.41. The lowest BCUT2D eigenvalue weighted by Crippen LogP contribution is -2.28. The van der Waals surface area contributed by atoms with E-state index in [2.05, 4.69) is 60.8 Å². The van der Waals surface area contributed by atoms with Gasteiger partial charge in [-0.2, -0.15) is 0 Å². The van der Waals surface area contributed by atoms with Crippen molar-refractivity contribution in [2.75, 3.05) is 6.54 Å². The van der Waals surface area contributed by atoms with Crippen LogP contribution in [-0.4, -0.2) is 6.54 Å². The van der Waals surface area contributed by atoms with Crippen molar-refractivity contribution in [3.05, 3.63) is 70.8 Å². The van der Waals surface area contributed by atoms with Crippen LogP contribution in [0.25, 0.3) is 0 Å². The third-order valence-electron chi connectivity index (χ3n) is 4.41. The van der Waals surface area contributed by atoms with Gasteiger partial charge >= 0.3 is 0 Å². The first-order valence-corrected chi connectivity index (χ1v) is 7.73. The van der Waals surface area contributed by atoms with Gasteiger partial charge in [-0.1, -0.05) is 55.5 Å². The van der Waals surface area contributed by atoms with Crippen molar-refractivity contribution in [3.8, 4) is 0 Å². The molecule has 0 amide bonds. The second kappa shape index (κ2) is 6.23. The Labute approximate surface area is 122 Å². The number of fused-ring (bicyclic) bond motifs is 1. The maximum absolute atomic E-state index is 3.55. The topological polar surface area (TPSA) is 12.0 Å². The molecule has 0 aromatic heterocycles. The predicted octanol–water partition coefficient (Wildman–Crippen LogP) is 4.07. The number of aryl methyl sites for hydroxylation is 2. The fourth-order valence-corrected chi connectivity index (χ4v) is 3.12. The van der Waals surface area contributed by atoms with Gasteiger partial charge in [0.05, 0.1) is 0 Å². The molecule has 1 heterocycles. The zero-order valence-electron chi connectivity index (χ0n) is 12.2. The van der Waals surface area contributed by atoms with Gasteiger partial charge in [0.2, 0.25) is 0 Å². The normalized spacial score (nSPS) is 17.8. The second-order valence-corrected chi connectivity index (χ2v) is 5.74. The van der Waals surface area contributed by atoms with E-state index in [1.807, 2.05) is 0 Å². The minimum Gasteiger partial charge on any atom is -0.312 e. The molecule has 104 valence electrons. The van der Waals surface area contributed by atoms with Gasteiger partial charge in [0.25, 0.3) is 0 Å². The Kier molecular flexibility index (Phi) is 4.17. The molecule has 1 nitrogen and oxygen atoms in total. The van der Waals surface area contributed by atoms with Crippen molar-refractivity contribution < 1.29 is 0 Å². The largest absolute Gasteiger partial charge is 0.312 e. The molecular weight excluding hydrogens is 242 g/mol. The van der Waals surface area contributed by atoms with Crippen LogP contribution < -0.4 is 5.32 Å². The van der Waals surface area contributed by atoms with Crippen molar-refractivity contribution in [3.63, 3.8) is 0 Å². The molecule has 1 unspecified atom stereocenters. The van der Waals surface area contributed by atoms with Crippen LogP contribution in [0.2, 0.25) is 0 Å². The summed E-state index contributed by atoms with van der Waals surface area (Å²) in [6.45, 7) is 4.35. The van der Waals surface area contributed by atoms with Crippen molar-refractivity contribution >= 4 is 0 Å². The number of nitrogens with one attached hydrogen (secondary N) is 1. The van der Waals surface area contributed by atoms with Gasteiger partial charge in [-0.15, -0.1) is 0 Å². The fourth-order valence-electron chi connectivity index (χ4n) is 3.12. The van der Waals surface area contributed by atoms with Crippen LogP contribution in [0.1, 0.15) is 41.5 Å². The quantitative estimate of drug-likeness (QED) is 0.878. The van der Waals surface area contributed by atoms with Gasteiger partial charge in [0, 0.05) is 13.1 Å². The highest BCUT2D eigenvalue weighted by Crippen LogP contribution is 2.27. The molecule has 1 N–H and O–H groups in total. The van der Waals surface area contributed by atoms with Crippen molar-refractivity contribution in [1.82, 2.24) is 5.32 Å². The summed E-state index contributed by atoms with van der Waals surface area (Å²) in [5.74, 6) is 0.658. The van der Waals surface area contributed by atoms with E-state index < -0.39 is 0 Å². The highest BCUT2D eigenvalue weighted by atomic mass is 14.9. The van der Waals surface area contributed by atoms with Crippen LogP contribution in [-0.2, 0) is 19.4 Å². The Morgan fingerprint density at radius 2 is 1.75 bits per heavy atom. The van der Waals surface area contributed by atoms with E-state index in [1.54, 1.807) is 5.56 Å². The monoisotopic (exact) mass is 265 g/mol. The van der Waals surface area contributed by atoms with Gasteiger partial charge in [-0.3, -0.25) is 0 Å². The van der Waals surface area contributed by atoms with E-state index in [0.29, 0.717) is 5.92 Å². The van der Waals surface area contributed by atoms with Crippen molar-refractivity contribution in [2.24, 2.45) is 0 Å². The minimum atomic E-state index is 0.658. The lowest BCUT2D eigenvalue weighted by atomic mass is 9.86. The number of benzene rings is 2. The lowest BCUT2D eigenvalue weighted by Gasteiger charge is -2.26. The zero-order valence-corrected chi connectivity index (χ0v) is 12.2. The first-order valence-electron chi connectivity index (χ1n) is 7.73. The molecule has 0 fully saturated rings. The molecule has 0 spiro atoms. The van der Waals surface area contributed by atoms with Gasteiger partial charge < -0.3 is 5.32 Å². The maximum Gasteiger partial charge on any atom is 0.0208 e. The fraction of sp³-hybridized carbons (Fsp3) is 0.368. The molecule has 1 aliphatic rings. The minimum absolute atomic E-state index is 0.658. The maximum atomic E-state index is 3.55. The van der Waals surface area contributed by atoms with E-state index in [9.17, 15) is 0 Å². The summed E-state index contributed by atoms with van der Waals surface area (Å²) in [6, 6.07) is 18.0. The molecule has 0 saturated heterocycles. The molecule has 2 aromatic rings. The van der Waals surface area contributed by atoms with Gasteiger partial charge in [-0.25, -0.2) is 0 Å². The summed E-state index contributed by atoms with van der Waals surface area (Å²) >= 11 is 0. The average molecular weight is 265 g/mol. The summed E-state index contributed by atoms with van der Waals surface area (Å²) in [6.07, 6.45) is 3.53. The highest BCUT2D eigenvalue weighted by molar-refractivity contribution is 5.33. The first-order chi connectivity index (χ1) is 9.86. The van der Waals surface area contributed by atoms with E-state index in [-0.39, 0.29) is 0 Å². The lowest BCUT2D eigenvalue weighted by molar-refractivity contribution is 0.514. The van der Waals surface area contributed by atoms with E-state index in [4.69, 9.17) is 0 Å². The molecule has 1 aliphatic heterocycles. The van der Waals surface area contributed by atoms with Gasteiger partial charge in [0.1, 0.15) is 0 Å². The molecule has 0 saturated carbocycles. The molecule has 1 heteroatoms. The van der Waals surface area contributed by atoms with Crippen LogP contribution in [0.5, 0.6) is 0 Å². The van der Waals surface area contributed by atoms with Crippen LogP contribution in [0, 0.1) is 0 Å². The second-order valence-electron chi connectivity index (χ2n) is 5.74. The smallest absolute Gasteiger partial charge is 0.0208 e. The molecule has 0 radical (unpaired) electrons. The number of hydrogen-bond donors (Lipinski definition) is 1. The van der Waals surface area contributed by atoms with Gasteiger partial charge in [0.15, 0.2) is 0 Å². The van der Waals surface area contributed by atoms with Gasteiger partial charge in [-0.05, 0) is 47.4 Å². The highest BCUT2D eigenvalue weighted by Gasteiger charge is 2.18. The Morgan fingerprint density at radius 1 is 1.00 bits per heavy atom. The van der Waals surface area contributed by atoms with Crippen LogP contribution in [0.4, 0.5) is 0 Å².